The first-order valence-electron chi connectivity index (χ1n) is 9.22. The highest BCUT2D eigenvalue weighted by atomic mass is 35.5. The number of phenols is 1. The zero-order valence-electron chi connectivity index (χ0n) is 14.4. The summed E-state index contributed by atoms with van der Waals surface area (Å²) in [6.07, 6.45) is 5.93. The minimum absolute atomic E-state index is 0.0399. The number of carbonyl (C=O) groups excluding carboxylic acids is 1. The lowest BCUT2D eigenvalue weighted by atomic mass is 9.77. The number of hydrogen-bond donors (Lipinski definition) is 1. The van der Waals surface area contributed by atoms with E-state index < -0.39 is 0 Å². The average molecular weight is 365 g/mol. The van der Waals surface area contributed by atoms with E-state index in [9.17, 15) is 9.90 Å². The third-order valence-corrected chi connectivity index (χ3v) is 6.23. The first-order chi connectivity index (χ1) is 12.1. The van der Waals surface area contributed by atoms with Crippen molar-refractivity contribution >= 4 is 17.5 Å². The molecule has 1 aromatic carbocycles. The molecule has 0 aromatic heterocycles. The molecule has 1 aromatic rings. The quantitative estimate of drug-likeness (QED) is 0.896. The Balaban J connectivity index is 1.46. The van der Waals surface area contributed by atoms with Gasteiger partial charge in [-0.1, -0.05) is 11.6 Å². The van der Waals surface area contributed by atoms with Crippen LogP contribution >= 0.6 is 11.6 Å². The van der Waals surface area contributed by atoms with Crippen LogP contribution in [0.1, 0.15) is 42.5 Å². The fourth-order valence-corrected chi connectivity index (χ4v) is 4.68. The number of hydrogen-bond acceptors (Lipinski definition) is 4. The molecule has 0 aliphatic carbocycles. The van der Waals surface area contributed by atoms with Crippen LogP contribution in [-0.2, 0) is 4.74 Å². The van der Waals surface area contributed by atoms with Crippen molar-refractivity contribution in [3.05, 3.63) is 28.8 Å². The molecule has 25 heavy (non-hydrogen) atoms. The van der Waals surface area contributed by atoms with E-state index in [1.54, 1.807) is 12.1 Å². The summed E-state index contributed by atoms with van der Waals surface area (Å²) in [6, 6.07) is 4.70. The van der Waals surface area contributed by atoms with Gasteiger partial charge in [0.1, 0.15) is 5.75 Å². The summed E-state index contributed by atoms with van der Waals surface area (Å²) in [6.45, 7) is 4.44. The minimum Gasteiger partial charge on any atom is -0.507 e. The molecule has 2 atom stereocenters. The Bertz CT molecular complexity index is 662. The maximum Gasteiger partial charge on any atom is 0.257 e. The number of halogens is 1. The molecule has 3 heterocycles. The molecular weight excluding hydrogens is 340 g/mol. The van der Waals surface area contributed by atoms with Crippen molar-refractivity contribution in [3.8, 4) is 5.75 Å². The second kappa shape index (κ2) is 6.78. The molecule has 0 radical (unpaired) electrons. The zero-order valence-corrected chi connectivity index (χ0v) is 15.2. The number of likely N-dealkylation sites (tertiary alicyclic amines) is 2. The molecular formula is C19H25ClN2O3. The van der Waals surface area contributed by atoms with Gasteiger partial charge in [0.15, 0.2) is 0 Å². The van der Waals surface area contributed by atoms with Crippen LogP contribution in [0, 0.1) is 0 Å². The van der Waals surface area contributed by atoms with Crippen molar-refractivity contribution in [2.24, 2.45) is 0 Å². The Labute approximate surface area is 153 Å². The Hall–Kier alpha value is -1.30. The van der Waals surface area contributed by atoms with Crippen molar-refractivity contribution in [1.29, 1.82) is 0 Å². The van der Waals surface area contributed by atoms with Gasteiger partial charge in [-0.25, -0.2) is 0 Å². The Morgan fingerprint density at radius 3 is 2.88 bits per heavy atom. The fraction of sp³-hybridized carbons (Fsp3) is 0.632. The first kappa shape index (κ1) is 17.1. The molecule has 0 saturated carbocycles. The Kier molecular flexibility index (Phi) is 4.65. The number of rotatable bonds is 3. The van der Waals surface area contributed by atoms with Crippen LogP contribution in [0.4, 0.5) is 0 Å². The third-order valence-electron chi connectivity index (χ3n) is 6.00. The van der Waals surface area contributed by atoms with Crippen LogP contribution in [0.2, 0.25) is 5.02 Å². The van der Waals surface area contributed by atoms with Gasteiger partial charge in [-0.3, -0.25) is 9.69 Å². The van der Waals surface area contributed by atoms with Gasteiger partial charge in [0.05, 0.1) is 11.7 Å². The second-order valence-corrected chi connectivity index (χ2v) is 7.98. The average Bonchev–Trinajstić information content (AvgIpc) is 3.12. The molecule has 3 aliphatic rings. The van der Waals surface area contributed by atoms with Crippen molar-refractivity contribution in [2.75, 3.05) is 32.8 Å². The van der Waals surface area contributed by atoms with Crippen molar-refractivity contribution < 1.29 is 14.6 Å². The monoisotopic (exact) mass is 364 g/mol. The molecule has 136 valence electrons. The maximum atomic E-state index is 12.9. The lowest BCUT2D eigenvalue weighted by Crippen LogP contribution is -2.68. The van der Waals surface area contributed by atoms with Crippen LogP contribution in [-0.4, -0.2) is 65.2 Å². The van der Waals surface area contributed by atoms with E-state index >= 15 is 0 Å². The number of aromatic hydroxyl groups is 1. The predicted octanol–water partition coefficient (Wildman–Crippen LogP) is 2.91. The van der Waals surface area contributed by atoms with E-state index in [1.807, 2.05) is 4.90 Å². The standard InChI is InChI=1S/C19H25ClN2O3/c20-14-4-5-16(17(23)11-14)18(24)21-8-2-6-19(13-21)7-9-22(19)12-15-3-1-10-25-15/h4-5,11,15,23H,1-3,6-10,12-13H2/t15-,19-/m1/s1. The molecule has 1 amide bonds. The highest BCUT2D eigenvalue weighted by Gasteiger charge is 2.48. The Morgan fingerprint density at radius 2 is 2.20 bits per heavy atom. The van der Waals surface area contributed by atoms with Gasteiger partial charge in [0.2, 0.25) is 0 Å². The van der Waals surface area contributed by atoms with Crippen LogP contribution in [0.3, 0.4) is 0 Å². The topological polar surface area (TPSA) is 53.0 Å². The summed E-state index contributed by atoms with van der Waals surface area (Å²) in [5.41, 5.74) is 0.438. The van der Waals surface area contributed by atoms with Gasteiger partial charge in [-0.2, -0.15) is 0 Å². The highest BCUT2D eigenvalue weighted by molar-refractivity contribution is 6.30. The summed E-state index contributed by atoms with van der Waals surface area (Å²) in [4.78, 5) is 17.3. The lowest BCUT2D eigenvalue weighted by molar-refractivity contribution is -0.0807. The molecule has 5 nitrogen and oxygen atoms in total. The van der Waals surface area contributed by atoms with Gasteiger partial charge < -0.3 is 14.7 Å². The smallest absolute Gasteiger partial charge is 0.257 e. The number of ether oxygens (including phenoxy) is 1. The van der Waals surface area contributed by atoms with Gasteiger partial charge >= 0.3 is 0 Å². The molecule has 0 unspecified atom stereocenters. The number of carbonyl (C=O) groups is 1. The molecule has 3 fully saturated rings. The summed E-state index contributed by atoms with van der Waals surface area (Å²) in [5.74, 6) is -0.140. The lowest BCUT2D eigenvalue weighted by Gasteiger charge is -2.57. The van der Waals surface area contributed by atoms with E-state index in [4.69, 9.17) is 16.3 Å². The maximum absolute atomic E-state index is 12.9. The summed E-state index contributed by atoms with van der Waals surface area (Å²) < 4.78 is 5.80. The van der Waals surface area contributed by atoms with E-state index in [2.05, 4.69) is 4.90 Å². The van der Waals surface area contributed by atoms with Crippen LogP contribution in [0.5, 0.6) is 5.75 Å². The highest BCUT2D eigenvalue weighted by Crippen LogP contribution is 2.40. The number of piperidine rings is 1. The Morgan fingerprint density at radius 1 is 1.32 bits per heavy atom. The van der Waals surface area contributed by atoms with Crippen LogP contribution < -0.4 is 0 Å². The van der Waals surface area contributed by atoms with Crippen LogP contribution in [0.15, 0.2) is 18.2 Å². The number of amides is 1. The first-order valence-corrected chi connectivity index (χ1v) is 9.60. The zero-order chi connectivity index (χ0) is 17.4. The van der Waals surface area contributed by atoms with Gasteiger partial charge in [-0.05, 0) is 50.3 Å². The predicted molar refractivity (Wildman–Crippen MR) is 96.1 cm³/mol. The van der Waals surface area contributed by atoms with E-state index in [1.165, 1.54) is 6.07 Å². The number of nitrogens with zero attached hydrogens (tertiary/aromatic N) is 2. The summed E-state index contributed by atoms with van der Waals surface area (Å²) in [7, 11) is 0. The van der Waals surface area contributed by atoms with Crippen molar-refractivity contribution in [2.45, 2.75) is 43.7 Å². The minimum atomic E-state index is -0.0998. The van der Waals surface area contributed by atoms with E-state index in [-0.39, 0.29) is 17.2 Å². The van der Waals surface area contributed by atoms with Gasteiger partial charge in [-0.15, -0.1) is 0 Å². The van der Waals surface area contributed by atoms with Gasteiger partial charge in [0.25, 0.3) is 5.91 Å². The molecule has 3 saturated heterocycles. The molecule has 3 aliphatic heterocycles. The summed E-state index contributed by atoms with van der Waals surface area (Å²) in [5, 5.41) is 10.5. The SMILES string of the molecule is O=C(c1ccc(Cl)cc1O)N1CCC[C@@]2(CCN2C[C@H]2CCCO2)C1. The second-order valence-electron chi connectivity index (χ2n) is 7.55. The third kappa shape index (κ3) is 3.25. The van der Waals surface area contributed by atoms with Crippen LogP contribution in [0.25, 0.3) is 0 Å². The van der Waals surface area contributed by atoms with Crippen molar-refractivity contribution in [3.63, 3.8) is 0 Å². The van der Waals surface area contributed by atoms with E-state index in [0.29, 0.717) is 16.7 Å². The summed E-state index contributed by atoms with van der Waals surface area (Å²) >= 11 is 5.88. The number of benzene rings is 1. The molecule has 6 heteroatoms. The van der Waals surface area contributed by atoms with E-state index in [0.717, 1.165) is 64.9 Å². The van der Waals surface area contributed by atoms with Gasteiger partial charge in [0, 0.05) is 43.3 Å². The molecule has 4 rings (SSSR count). The molecule has 1 spiro atoms. The molecule has 0 bridgehead atoms. The fourth-order valence-electron chi connectivity index (χ4n) is 4.51. The molecule has 1 N–H and O–H groups in total. The normalized spacial score (nSPS) is 29.8. The van der Waals surface area contributed by atoms with Crippen molar-refractivity contribution in [1.82, 2.24) is 9.80 Å². The largest absolute Gasteiger partial charge is 0.507 e. The number of phenolic OH excluding ortho intramolecular Hbond substituents is 1.